The van der Waals surface area contributed by atoms with Crippen molar-refractivity contribution >= 4 is 69.8 Å². The lowest BCUT2D eigenvalue weighted by molar-refractivity contribution is -0.143. The van der Waals surface area contributed by atoms with E-state index in [2.05, 4.69) is 31.2 Å². The molecule has 4 N–H and O–H groups in total. The summed E-state index contributed by atoms with van der Waals surface area (Å²) >= 11 is 5.92. The minimum atomic E-state index is -0.808. The Morgan fingerprint density at radius 2 is 1.88 bits per heavy atom. The number of hydrogen-bond donors (Lipinski definition) is 4. The Hall–Kier alpha value is -3.54. The lowest BCUT2D eigenvalue weighted by Gasteiger charge is -2.36. The number of anilines is 3. The second-order valence-corrected chi connectivity index (χ2v) is 11.6. The summed E-state index contributed by atoms with van der Waals surface area (Å²) in [5, 5.41) is 12.1. The van der Waals surface area contributed by atoms with Gasteiger partial charge in [0.25, 0.3) is 0 Å². The summed E-state index contributed by atoms with van der Waals surface area (Å²) in [6, 6.07) is 7.74. The van der Waals surface area contributed by atoms with E-state index in [-0.39, 0.29) is 40.8 Å². The van der Waals surface area contributed by atoms with Crippen LogP contribution in [0.15, 0.2) is 42.7 Å². The molecule has 42 heavy (non-hydrogen) atoms. The highest BCUT2D eigenvalue weighted by Gasteiger charge is 2.42. The smallest absolute Gasteiger partial charge is 0.247 e. The molecule has 3 aromatic rings. The normalized spacial score (nSPS) is 16.4. The van der Waals surface area contributed by atoms with Gasteiger partial charge in [-0.1, -0.05) is 38.4 Å². The molecule has 4 rings (SSSR count). The molecule has 3 atom stereocenters. The molecule has 1 fully saturated rings. The number of halogens is 3. The van der Waals surface area contributed by atoms with Gasteiger partial charge >= 0.3 is 0 Å². The van der Waals surface area contributed by atoms with Crippen molar-refractivity contribution in [2.24, 2.45) is 5.41 Å². The van der Waals surface area contributed by atoms with Crippen LogP contribution in [0.1, 0.15) is 40.5 Å². The summed E-state index contributed by atoms with van der Waals surface area (Å²) in [5.41, 5.74) is 0.625. The number of likely N-dealkylation sites (tertiary alicyclic amines) is 1. The zero-order valence-electron chi connectivity index (χ0n) is 24.1. The van der Waals surface area contributed by atoms with E-state index < -0.39 is 29.4 Å². The molecule has 13 heteroatoms. The topological polar surface area (TPSA) is 128 Å². The lowest BCUT2D eigenvalue weighted by Crippen LogP contribution is -2.59. The van der Waals surface area contributed by atoms with E-state index in [1.165, 1.54) is 12.4 Å². The summed E-state index contributed by atoms with van der Waals surface area (Å²) in [6.45, 7) is 7.76. The van der Waals surface area contributed by atoms with Gasteiger partial charge in [-0.2, -0.15) is 0 Å². The molecular weight excluding hydrogens is 584 g/mol. The number of amides is 3. The average molecular weight is 621 g/mol. The zero-order valence-corrected chi connectivity index (χ0v) is 25.7. The molecule has 1 aliphatic rings. The predicted molar refractivity (Wildman–Crippen MR) is 165 cm³/mol. The molecule has 1 saturated heterocycles. The van der Waals surface area contributed by atoms with Crippen molar-refractivity contribution in [2.45, 2.75) is 58.7 Å². The maximum absolute atomic E-state index is 14.5. The fourth-order valence-corrected chi connectivity index (χ4v) is 4.88. The number of aromatic nitrogens is 2. The van der Waals surface area contributed by atoms with E-state index in [4.69, 9.17) is 11.6 Å². The van der Waals surface area contributed by atoms with Crippen molar-refractivity contribution in [3.63, 3.8) is 0 Å². The summed E-state index contributed by atoms with van der Waals surface area (Å²) in [6.07, 6.45) is 2.51. The van der Waals surface area contributed by atoms with Gasteiger partial charge in [0.1, 0.15) is 24.2 Å². The van der Waals surface area contributed by atoms with Gasteiger partial charge in [-0.25, -0.2) is 14.4 Å². The first kappa shape index (κ1) is 33.0. The maximum atomic E-state index is 14.5. The number of nitrogens with zero attached hydrogens (tertiary/aromatic N) is 3. The van der Waals surface area contributed by atoms with Gasteiger partial charge in [0.15, 0.2) is 5.82 Å². The fraction of sp³-hybridized carbons (Fsp3) is 0.414. The number of rotatable bonds is 8. The third-order valence-electron chi connectivity index (χ3n) is 7.17. The quantitative estimate of drug-likeness (QED) is 0.289. The van der Waals surface area contributed by atoms with E-state index >= 15 is 0 Å². The number of likely N-dealkylation sites (N-methyl/N-ethyl adjacent to an activating group) is 1. The number of benzene rings is 2. The highest BCUT2D eigenvalue weighted by atomic mass is 35.5. The second kappa shape index (κ2) is 13.6. The summed E-state index contributed by atoms with van der Waals surface area (Å²) in [7, 11) is 1.67. The number of carbonyl (C=O) groups excluding carboxylic acids is 3. The van der Waals surface area contributed by atoms with Gasteiger partial charge in [0.05, 0.1) is 22.3 Å². The van der Waals surface area contributed by atoms with Crippen molar-refractivity contribution in [2.75, 3.05) is 24.2 Å². The van der Waals surface area contributed by atoms with Crippen LogP contribution in [-0.2, 0) is 14.4 Å². The van der Waals surface area contributed by atoms with Crippen LogP contribution in [0.25, 0.3) is 10.9 Å². The Morgan fingerprint density at radius 1 is 1.14 bits per heavy atom. The molecule has 226 valence electrons. The SMILES string of the molecule is CN[C@@H](C)C(=O)N[C@H](C(=O)N1CCCC1C(=O)Nc1ccc2ncnc(Nc3cccc(Cl)c3F)c2c1)C(C)(C)C.Cl. The van der Waals surface area contributed by atoms with E-state index in [0.717, 1.165) is 0 Å². The van der Waals surface area contributed by atoms with Crippen molar-refractivity contribution in [1.82, 2.24) is 25.5 Å². The first-order chi connectivity index (χ1) is 19.4. The van der Waals surface area contributed by atoms with Gasteiger partial charge in [-0.05, 0) is 62.6 Å². The number of nitrogens with one attached hydrogen (secondary N) is 4. The minimum absolute atomic E-state index is 0. The van der Waals surface area contributed by atoms with Crippen molar-refractivity contribution in [3.05, 3.63) is 53.6 Å². The third-order valence-corrected chi connectivity index (χ3v) is 7.46. The van der Waals surface area contributed by atoms with Crippen molar-refractivity contribution < 1.29 is 18.8 Å². The van der Waals surface area contributed by atoms with Crippen LogP contribution < -0.4 is 21.3 Å². The van der Waals surface area contributed by atoms with Gasteiger partial charge in [-0.3, -0.25) is 14.4 Å². The van der Waals surface area contributed by atoms with Crippen LogP contribution in [0, 0.1) is 11.2 Å². The van der Waals surface area contributed by atoms with E-state index in [9.17, 15) is 18.8 Å². The van der Waals surface area contributed by atoms with Crippen LogP contribution in [0.4, 0.5) is 21.6 Å². The Morgan fingerprint density at radius 3 is 2.57 bits per heavy atom. The molecule has 0 bridgehead atoms. The molecule has 1 unspecified atom stereocenters. The molecular formula is C29H36Cl2FN7O3. The predicted octanol–water partition coefficient (Wildman–Crippen LogP) is 4.66. The van der Waals surface area contributed by atoms with Crippen LogP contribution in [-0.4, -0.2) is 64.3 Å². The summed E-state index contributed by atoms with van der Waals surface area (Å²) in [4.78, 5) is 49.9. The molecule has 2 heterocycles. The highest BCUT2D eigenvalue weighted by Crippen LogP contribution is 2.30. The van der Waals surface area contributed by atoms with Gasteiger partial charge in [-0.15, -0.1) is 12.4 Å². The Kier molecular flexibility index (Phi) is 10.7. The molecule has 10 nitrogen and oxygen atoms in total. The first-order valence-electron chi connectivity index (χ1n) is 13.5. The fourth-order valence-electron chi connectivity index (χ4n) is 4.70. The van der Waals surface area contributed by atoms with Crippen molar-refractivity contribution in [3.8, 4) is 0 Å². The van der Waals surface area contributed by atoms with Crippen LogP contribution in [0.2, 0.25) is 5.02 Å². The van der Waals surface area contributed by atoms with E-state index in [1.54, 1.807) is 49.2 Å². The molecule has 0 spiro atoms. The zero-order chi connectivity index (χ0) is 29.9. The largest absolute Gasteiger partial charge is 0.342 e. The van der Waals surface area contributed by atoms with Crippen LogP contribution >= 0.6 is 24.0 Å². The standard InChI is InChI=1S/C29H35ClFN7O3.ClH/c1-16(32-5)26(39)37-24(29(2,3)4)28(41)38-13-7-10-22(38)27(40)35-17-11-12-20-18(14-17)25(34-15-33-20)36-21-9-6-8-19(30)23(21)31;/h6,8-9,11-12,14-16,22,24,32H,7,10,13H2,1-5H3,(H,35,40)(H,37,39)(H,33,34,36);1H/t16-,22?,24+;/m0./s1. The summed E-state index contributed by atoms with van der Waals surface area (Å²) < 4.78 is 14.5. The summed E-state index contributed by atoms with van der Waals surface area (Å²) in [5.74, 6) is -1.20. The van der Waals surface area contributed by atoms with Crippen LogP contribution in [0.5, 0.6) is 0 Å². The molecule has 2 aromatic carbocycles. The highest BCUT2D eigenvalue weighted by molar-refractivity contribution is 6.31. The van der Waals surface area contributed by atoms with E-state index in [0.29, 0.717) is 41.8 Å². The lowest BCUT2D eigenvalue weighted by atomic mass is 9.85. The molecule has 1 aliphatic heterocycles. The van der Waals surface area contributed by atoms with E-state index in [1.807, 2.05) is 20.8 Å². The van der Waals surface area contributed by atoms with Crippen molar-refractivity contribution in [1.29, 1.82) is 0 Å². The second-order valence-electron chi connectivity index (χ2n) is 11.2. The monoisotopic (exact) mass is 619 g/mol. The molecule has 1 aromatic heterocycles. The molecule has 3 amide bonds. The van der Waals surface area contributed by atoms with Gasteiger partial charge in [0, 0.05) is 17.6 Å². The molecule has 0 radical (unpaired) electrons. The number of carbonyl (C=O) groups is 3. The Labute approximate surface area is 255 Å². The molecule has 0 saturated carbocycles. The number of fused-ring (bicyclic) bond motifs is 1. The maximum Gasteiger partial charge on any atom is 0.247 e. The Bertz CT molecular complexity index is 1470. The third kappa shape index (κ3) is 7.26. The number of hydrogen-bond acceptors (Lipinski definition) is 7. The van der Waals surface area contributed by atoms with Gasteiger partial charge < -0.3 is 26.2 Å². The van der Waals surface area contributed by atoms with Gasteiger partial charge in [0.2, 0.25) is 17.7 Å². The molecule has 0 aliphatic carbocycles. The van der Waals surface area contributed by atoms with Crippen LogP contribution in [0.3, 0.4) is 0 Å². The minimum Gasteiger partial charge on any atom is -0.342 e. The first-order valence-corrected chi connectivity index (χ1v) is 13.8. The average Bonchev–Trinajstić information content (AvgIpc) is 3.43. The Balaban J connectivity index is 0.00000484.